The van der Waals surface area contributed by atoms with Gasteiger partial charge < -0.3 is 21.1 Å². The largest absolute Gasteiger partial charge is 0.481 e. The summed E-state index contributed by atoms with van der Waals surface area (Å²) in [4.78, 5) is 51.6. The van der Waals surface area contributed by atoms with E-state index in [4.69, 9.17) is 23.2 Å². The normalized spacial score (nSPS) is 11.7. The van der Waals surface area contributed by atoms with Crippen molar-refractivity contribution in [2.75, 3.05) is 22.5 Å². The van der Waals surface area contributed by atoms with Gasteiger partial charge in [-0.15, -0.1) is 0 Å². The van der Waals surface area contributed by atoms with Crippen molar-refractivity contribution in [2.45, 2.75) is 25.8 Å². The minimum absolute atomic E-state index is 0.0686. The number of carboxylic acid groups (broad SMARTS) is 1. The zero-order valence-corrected chi connectivity index (χ0v) is 19.0. The summed E-state index contributed by atoms with van der Waals surface area (Å²) in [6, 6.07) is 5.59. The van der Waals surface area contributed by atoms with Crippen molar-refractivity contribution in [3.8, 4) is 0 Å². The molecule has 172 valence electrons. The van der Waals surface area contributed by atoms with Crippen LogP contribution in [0.25, 0.3) is 0 Å². The smallest absolute Gasteiger partial charge is 0.305 e. The summed E-state index contributed by atoms with van der Waals surface area (Å²) < 4.78 is 0. The van der Waals surface area contributed by atoms with Crippen molar-refractivity contribution in [2.24, 2.45) is 0 Å². The minimum Gasteiger partial charge on any atom is -0.481 e. The van der Waals surface area contributed by atoms with Gasteiger partial charge in [-0.3, -0.25) is 24.2 Å². The second kappa shape index (κ2) is 10.5. The molecule has 0 aliphatic heterocycles. The summed E-state index contributed by atoms with van der Waals surface area (Å²) in [6.45, 7) is 2.42. The Bertz CT molecular complexity index is 1230. The maximum Gasteiger partial charge on any atom is 0.305 e. The van der Waals surface area contributed by atoms with Crippen molar-refractivity contribution < 1.29 is 14.7 Å². The summed E-state index contributed by atoms with van der Waals surface area (Å²) in [5.74, 6) is -1.62. The topological polar surface area (TPSA) is 137 Å². The Morgan fingerprint density at radius 2 is 1.64 bits per heavy atom. The van der Waals surface area contributed by atoms with E-state index in [0.29, 0.717) is 17.8 Å². The number of aromatic nitrogens is 1. The molecule has 2 aromatic carbocycles. The molecule has 0 aliphatic rings. The van der Waals surface area contributed by atoms with Gasteiger partial charge in [0.2, 0.25) is 0 Å². The maximum absolute atomic E-state index is 12.5. The van der Waals surface area contributed by atoms with Gasteiger partial charge in [-0.1, -0.05) is 42.3 Å². The van der Waals surface area contributed by atoms with E-state index in [9.17, 15) is 24.3 Å². The second-order valence-electron chi connectivity index (χ2n) is 7.18. The van der Waals surface area contributed by atoms with Crippen LogP contribution in [0.5, 0.6) is 0 Å². The maximum atomic E-state index is 12.5. The number of aliphatic carboxylic acids is 1. The van der Waals surface area contributed by atoms with Gasteiger partial charge in [0.15, 0.2) is 0 Å². The van der Waals surface area contributed by atoms with E-state index in [-0.39, 0.29) is 33.4 Å². The molecule has 0 aliphatic carbocycles. The molecule has 0 saturated carbocycles. The Morgan fingerprint density at radius 3 is 2.21 bits per heavy atom. The highest BCUT2D eigenvalue weighted by molar-refractivity contribution is 6.40. The van der Waals surface area contributed by atoms with Crippen molar-refractivity contribution in [3.05, 3.63) is 78.3 Å². The Balaban J connectivity index is 1.79. The first-order valence-corrected chi connectivity index (χ1v) is 10.7. The summed E-state index contributed by atoms with van der Waals surface area (Å²) in [6.07, 6.45) is 3.02. The third kappa shape index (κ3) is 5.50. The molecule has 9 nitrogen and oxygen atoms in total. The fraction of sp³-hybridized carbons (Fsp3) is 0.227. The summed E-state index contributed by atoms with van der Waals surface area (Å²) in [5, 5.41) is 17.9. The van der Waals surface area contributed by atoms with Crippen LogP contribution in [-0.4, -0.2) is 28.5 Å². The molecule has 0 bridgehead atoms. The van der Waals surface area contributed by atoms with Gasteiger partial charge in [0.05, 0.1) is 28.1 Å². The molecule has 1 amide bonds. The van der Waals surface area contributed by atoms with E-state index < -0.39 is 28.8 Å². The van der Waals surface area contributed by atoms with Crippen molar-refractivity contribution in [1.82, 2.24) is 4.98 Å². The van der Waals surface area contributed by atoms with E-state index in [1.165, 1.54) is 12.4 Å². The SMILES string of the molecule is CCCNc1c(NC(CC(=O)O)c2ccc(NC(=O)c3c(Cl)cncc3Cl)cc2)c(=O)c1=O. The number of nitrogens with one attached hydrogen (secondary N) is 3. The van der Waals surface area contributed by atoms with Gasteiger partial charge >= 0.3 is 5.97 Å². The number of rotatable bonds is 10. The van der Waals surface area contributed by atoms with Crippen LogP contribution in [0.15, 0.2) is 46.2 Å². The molecule has 0 saturated heterocycles. The number of nitrogens with zero attached hydrogens (tertiary/aromatic N) is 1. The Kier molecular flexibility index (Phi) is 7.67. The van der Waals surface area contributed by atoms with Crippen LogP contribution < -0.4 is 26.8 Å². The number of amides is 1. The fourth-order valence-corrected chi connectivity index (χ4v) is 3.71. The lowest BCUT2D eigenvalue weighted by molar-refractivity contribution is -0.137. The third-order valence-corrected chi connectivity index (χ3v) is 5.38. The van der Waals surface area contributed by atoms with Crippen LogP contribution in [0.3, 0.4) is 0 Å². The number of anilines is 3. The highest BCUT2D eigenvalue weighted by Crippen LogP contribution is 2.27. The lowest BCUT2D eigenvalue weighted by Crippen LogP contribution is -2.38. The Labute approximate surface area is 198 Å². The van der Waals surface area contributed by atoms with Crippen molar-refractivity contribution in [3.63, 3.8) is 0 Å². The average molecular weight is 491 g/mol. The summed E-state index contributed by atoms with van der Waals surface area (Å²) in [5.41, 5.74) is -0.0575. The molecule has 1 unspecified atom stereocenters. The first kappa shape index (κ1) is 24.2. The van der Waals surface area contributed by atoms with Crippen LogP contribution in [-0.2, 0) is 4.79 Å². The lowest BCUT2D eigenvalue weighted by Gasteiger charge is -2.22. The highest BCUT2D eigenvalue weighted by atomic mass is 35.5. The first-order valence-electron chi connectivity index (χ1n) is 9.98. The number of hydrogen-bond acceptors (Lipinski definition) is 7. The molecular formula is C22H20Cl2N4O5. The second-order valence-corrected chi connectivity index (χ2v) is 8.00. The predicted octanol–water partition coefficient (Wildman–Crippen LogP) is 3.69. The van der Waals surface area contributed by atoms with Crippen LogP contribution in [0.1, 0.15) is 41.7 Å². The van der Waals surface area contributed by atoms with Gasteiger partial charge in [-0.25, -0.2) is 0 Å². The molecule has 0 radical (unpaired) electrons. The zero-order chi connectivity index (χ0) is 24.1. The van der Waals surface area contributed by atoms with Crippen LogP contribution in [0.4, 0.5) is 17.1 Å². The van der Waals surface area contributed by atoms with Crippen molar-refractivity contribution >= 4 is 52.1 Å². The van der Waals surface area contributed by atoms with E-state index in [0.717, 1.165) is 6.42 Å². The van der Waals surface area contributed by atoms with E-state index >= 15 is 0 Å². The molecule has 0 fully saturated rings. The predicted molar refractivity (Wildman–Crippen MR) is 127 cm³/mol. The summed E-state index contributed by atoms with van der Waals surface area (Å²) in [7, 11) is 0. The number of carbonyl (C=O) groups excluding carboxylic acids is 1. The van der Waals surface area contributed by atoms with Gasteiger partial charge in [0, 0.05) is 24.6 Å². The molecule has 1 atom stereocenters. The molecule has 33 heavy (non-hydrogen) atoms. The number of benzene rings is 1. The van der Waals surface area contributed by atoms with Crippen LogP contribution in [0.2, 0.25) is 10.0 Å². The molecule has 0 spiro atoms. The Morgan fingerprint density at radius 1 is 1.03 bits per heavy atom. The Hall–Kier alpha value is -3.43. The van der Waals surface area contributed by atoms with E-state index in [2.05, 4.69) is 20.9 Å². The van der Waals surface area contributed by atoms with Gasteiger partial charge in [-0.05, 0) is 24.1 Å². The number of halogens is 2. The molecule has 3 aromatic rings. The number of carboxylic acids is 1. The monoisotopic (exact) mass is 490 g/mol. The van der Waals surface area contributed by atoms with Crippen molar-refractivity contribution in [1.29, 1.82) is 0 Å². The highest BCUT2D eigenvalue weighted by Gasteiger charge is 2.25. The molecule has 11 heteroatoms. The molecule has 4 N–H and O–H groups in total. The van der Waals surface area contributed by atoms with Crippen LogP contribution in [0, 0.1) is 0 Å². The lowest BCUT2D eigenvalue weighted by atomic mass is 10.0. The minimum atomic E-state index is -1.09. The number of carbonyl (C=O) groups is 2. The van der Waals surface area contributed by atoms with Gasteiger partial charge in [0.1, 0.15) is 11.4 Å². The van der Waals surface area contributed by atoms with Gasteiger partial charge in [0.25, 0.3) is 16.8 Å². The average Bonchev–Trinajstić information content (AvgIpc) is 2.77. The fourth-order valence-electron chi connectivity index (χ4n) is 3.17. The molecule has 1 aromatic heterocycles. The van der Waals surface area contributed by atoms with Crippen LogP contribution >= 0.6 is 23.2 Å². The number of hydrogen-bond donors (Lipinski definition) is 4. The van der Waals surface area contributed by atoms with E-state index in [1.54, 1.807) is 24.3 Å². The first-order chi connectivity index (χ1) is 15.7. The van der Waals surface area contributed by atoms with Gasteiger partial charge in [-0.2, -0.15) is 0 Å². The molecule has 3 rings (SSSR count). The van der Waals surface area contributed by atoms with E-state index in [1.807, 2.05) is 6.92 Å². The molecule has 1 heterocycles. The number of pyridine rings is 1. The quantitative estimate of drug-likeness (QED) is 0.315. The standard InChI is InChI=1S/C22H20Cl2N4O5/c1-2-7-26-18-19(21(32)20(18)31)28-15(8-16(29)30)11-3-5-12(6-4-11)27-22(33)17-13(23)9-25-10-14(17)24/h3-6,9-10,15,26,28H,2,7-8H2,1H3,(H,27,33)(H,29,30). The third-order valence-electron chi connectivity index (χ3n) is 4.81. The zero-order valence-electron chi connectivity index (χ0n) is 17.4. The molecular weight excluding hydrogens is 471 g/mol. The summed E-state index contributed by atoms with van der Waals surface area (Å²) >= 11 is 12.0.